The van der Waals surface area contributed by atoms with Crippen molar-refractivity contribution in [1.29, 1.82) is 0 Å². The molecule has 0 amide bonds. The summed E-state index contributed by atoms with van der Waals surface area (Å²) in [6.07, 6.45) is 2.86. The minimum absolute atomic E-state index is 0.0552. The SMILES string of the molecule is CCCn1nccc1C(NCC)c1ccc(F)cc1. The Morgan fingerprint density at radius 2 is 1.95 bits per heavy atom. The fourth-order valence-corrected chi connectivity index (χ4v) is 2.24. The van der Waals surface area contributed by atoms with Gasteiger partial charge in [0.25, 0.3) is 0 Å². The molecular weight excluding hydrogens is 241 g/mol. The van der Waals surface area contributed by atoms with E-state index in [-0.39, 0.29) is 11.9 Å². The number of aryl methyl sites for hydroxylation is 1. The number of nitrogens with one attached hydrogen (secondary N) is 1. The van der Waals surface area contributed by atoms with Gasteiger partial charge in [0, 0.05) is 12.7 Å². The second kappa shape index (κ2) is 6.48. The van der Waals surface area contributed by atoms with Crippen molar-refractivity contribution in [1.82, 2.24) is 15.1 Å². The number of hydrogen-bond acceptors (Lipinski definition) is 2. The standard InChI is InChI=1S/C15H20FN3/c1-3-11-19-14(9-10-18-19)15(17-4-2)12-5-7-13(16)8-6-12/h5-10,15,17H,3-4,11H2,1-2H3. The lowest BCUT2D eigenvalue weighted by Gasteiger charge is -2.20. The summed E-state index contributed by atoms with van der Waals surface area (Å²) in [6, 6.07) is 8.73. The number of halogens is 1. The molecule has 0 fully saturated rings. The summed E-state index contributed by atoms with van der Waals surface area (Å²) in [4.78, 5) is 0. The highest BCUT2D eigenvalue weighted by atomic mass is 19.1. The Labute approximate surface area is 113 Å². The Morgan fingerprint density at radius 3 is 2.58 bits per heavy atom. The summed E-state index contributed by atoms with van der Waals surface area (Å²) >= 11 is 0. The van der Waals surface area contributed by atoms with Crippen molar-refractivity contribution in [2.24, 2.45) is 0 Å². The van der Waals surface area contributed by atoms with Crippen LogP contribution < -0.4 is 5.32 Å². The fraction of sp³-hybridized carbons (Fsp3) is 0.400. The van der Waals surface area contributed by atoms with Crippen LogP contribution in [0.4, 0.5) is 4.39 Å². The summed E-state index contributed by atoms with van der Waals surface area (Å²) in [7, 11) is 0. The van der Waals surface area contributed by atoms with Gasteiger partial charge in [0.05, 0.1) is 11.7 Å². The Morgan fingerprint density at radius 1 is 1.21 bits per heavy atom. The van der Waals surface area contributed by atoms with Crippen LogP contribution in [0.15, 0.2) is 36.5 Å². The molecule has 19 heavy (non-hydrogen) atoms. The van der Waals surface area contributed by atoms with Gasteiger partial charge in [-0.25, -0.2) is 4.39 Å². The van der Waals surface area contributed by atoms with E-state index in [0.717, 1.165) is 30.8 Å². The van der Waals surface area contributed by atoms with Crippen molar-refractivity contribution in [2.45, 2.75) is 32.9 Å². The lowest BCUT2D eigenvalue weighted by atomic mass is 10.0. The Balaban J connectivity index is 2.33. The molecule has 1 heterocycles. The molecule has 1 aromatic heterocycles. The van der Waals surface area contributed by atoms with Crippen molar-refractivity contribution in [2.75, 3.05) is 6.54 Å². The second-order valence-electron chi connectivity index (χ2n) is 4.52. The van der Waals surface area contributed by atoms with Crippen LogP contribution in [0.1, 0.15) is 37.6 Å². The van der Waals surface area contributed by atoms with Gasteiger partial charge in [0.2, 0.25) is 0 Å². The molecule has 1 N–H and O–H groups in total. The molecule has 3 nitrogen and oxygen atoms in total. The van der Waals surface area contributed by atoms with Crippen LogP contribution in [-0.2, 0) is 6.54 Å². The van der Waals surface area contributed by atoms with Gasteiger partial charge in [-0.3, -0.25) is 4.68 Å². The van der Waals surface area contributed by atoms with E-state index in [1.54, 1.807) is 0 Å². The number of benzene rings is 1. The highest BCUT2D eigenvalue weighted by molar-refractivity contribution is 5.28. The van der Waals surface area contributed by atoms with Crippen molar-refractivity contribution < 1.29 is 4.39 Å². The highest BCUT2D eigenvalue weighted by Crippen LogP contribution is 2.22. The molecule has 1 aromatic carbocycles. The average molecular weight is 261 g/mol. The van der Waals surface area contributed by atoms with Crippen LogP contribution in [-0.4, -0.2) is 16.3 Å². The van der Waals surface area contributed by atoms with Gasteiger partial charge in [-0.05, 0) is 36.7 Å². The lowest BCUT2D eigenvalue weighted by molar-refractivity contribution is 0.519. The summed E-state index contributed by atoms with van der Waals surface area (Å²) < 4.78 is 15.1. The fourth-order valence-electron chi connectivity index (χ4n) is 2.24. The molecule has 0 aliphatic heterocycles. The van der Waals surface area contributed by atoms with E-state index in [9.17, 15) is 4.39 Å². The number of hydrogen-bond donors (Lipinski definition) is 1. The monoisotopic (exact) mass is 261 g/mol. The first kappa shape index (κ1) is 13.7. The molecule has 4 heteroatoms. The van der Waals surface area contributed by atoms with Crippen LogP contribution in [0.25, 0.3) is 0 Å². The van der Waals surface area contributed by atoms with Crippen LogP contribution in [0.5, 0.6) is 0 Å². The first-order valence-corrected chi connectivity index (χ1v) is 6.76. The second-order valence-corrected chi connectivity index (χ2v) is 4.52. The summed E-state index contributed by atoms with van der Waals surface area (Å²) in [5.41, 5.74) is 2.18. The van der Waals surface area contributed by atoms with E-state index in [1.165, 1.54) is 12.1 Å². The minimum Gasteiger partial charge on any atom is -0.305 e. The van der Waals surface area contributed by atoms with Gasteiger partial charge in [0.1, 0.15) is 5.82 Å². The van der Waals surface area contributed by atoms with Gasteiger partial charge in [-0.1, -0.05) is 26.0 Å². The maximum atomic E-state index is 13.0. The van der Waals surface area contributed by atoms with E-state index >= 15 is 0 Å². The number of aromatic nitrogens is 2. The maximum absolute atomic E-state index is 13.0. The number of nitrogens with zero attached hydrogens (tertiary/aromatic N) is 2. The molecule has 0 spiro atoms. The average Bonchev–Trinajstić information content (AvgIpc) is 2.86. The molecule has 0 saturated heterocycles. The van der Waals surface area contributed by atoms with Crippen LogP contribution >= 0.6 is 0 Å². The van der Waals surface area contributed by atoms with Crippen LogP contribution in [0, 0.1) is 5.82 Å². The normalized spacial score (nSPS) is 12.6. The van der Waals surface area contributed by atoms with Crippen LogP contribution in [0.3, 0.4) is 0 Å². The van der Waals surface area contributed by atoms with E-state index in [1.807, 2.05) is 29.1 Å². The third-order valence-corrected chi connectivity index (χ3v) is 3.09. The first-order valence-electron chi connectivity index (χ1n) is 6.76. The Hall–Kier alpha value is -1.68. The molecule has 1 atom stereocenters. The molecule has 2 rings (SSSR count). The van der Waals surface area contributed by atoms with Gasteiger partial charge in [-0.15, -0.1) is 0 Å². The van der Waals surface area contributed by atoms with E-state index in [4.69, 9.17) is 0 Å². The predicted molar refractivity (Wildman–Crippen MR) is 74.4 cm³/mol. The minimum atomic E-state index is -0.207. The van der Waals surface area contributed by atoms with Gasteiger partial charge in [-0.2, -0.15) is 5.10 Å². The van der Waals surface area contributed by atoms with Crippen molar-refractivity contribution in [3.05, 3.63) is 53.6 Å². The zero-order valence-electron chi connectivity index (χ0n) is 11.4. The summed E-state index contributed by atoms with van der Waals surface area (Å²) in [5, 5.41) is 7.79. The van der Waals surface area contributed by atoms with E-state index in [0.29, 0.717) is 0 Å². The summed E-state index contributed by atoms with van der Waals surface area (Å²) in [5.74, 6) is -0.207. The molecule has 1 unspecified atom stereocenters. The topological polar surface area (TPSA) is 29.9 Å². The Kier molecular flexibility index (Phi) is 4.68. The highest BCUT2D eigenvalue weighted by Gasteiger charge is 2.17. The lowest BCUT2D eigenvalue weighted by Crippen LogP contribution is -2.25. The van der Waals surface area contributed by atoms with Crippen molar-refractivity contribution in [3.8, 4) is 0 Å². The zero-order valence-corrected chi connectivity index (χ0v) is 11.4. The van der Waals surface area contributed by atoms with Gasteiger partial charge < -0.3 is 5.32 Å². The zero-order chi connectivity index (χ0) is 13.7. The smallest absolute Gasteiger partial charge is 0.123 e. The van der Waals surface area contributed by atoms with Gasteiger partial charge in [0.15, 0.2) is 0 Å². The molecule has 0 bridgehead atoms. The molecule has 0 saturated carbocycles. The third-order valence-electron chi connectivity index (χ3n) is 3.09. The van der Waals surface area contributed by atoms with Crippen LogP contribution in [0.2, 0.25) is 0 Å². The first-order chi connectivity index (χ1) is 9.26. The maximum Gasteiger partial charge on any atom is 0.123 e. The van der Waals surface area contributed by atoms with E-state index in [2.05, 4.69) is 24.3 Å². The molecule has 2 aromatic rings. The van der Waals surface area contributed by atoms with Gasteiger partial charge >= 0.3 is 0 Å². The quantitative estimate of drug-likeness (QED) is 0.865. The van der Waals surface area contributed by atoms with Crippen molar-refractivity contribution in [3.63, 3.8) is 0 Å². The molecule has 102 valence electrons. The molecular formula is C15H20FN3. The Bertz CT molecular complexity index is 504. The summed E-state index contributed by atoms with van der Waals surface area (Å²) in [6.45, 7) is 5.94. The molecule has 0 aliphatic carbocycles. The molecule has 0 aliphatic rings. The van der Waals surface area contributed by atoms with E-state index < -0.39 is 0 Å². The molecule has 0 radical (unpaired) electrons. The predicted octanol–water partition coefficient (Wildman–Crippen LogP) is 3.13. The number of rotatable bonds is 6. The third kappa shape index (κ3) is 3.20. The largest absolute Gasteiger partial charge is 0.305 e. The van der Waals surface area contributed by atoms with Crippen molar-refractivity contribution >= 4 is 0 Å².